The Morgan fingerprint density at radius 1 is 1.61 bits per heavy atom. The molecule has 1 aromatic carbocycles. The summed E-state index contributed by atoms with van der Waals surface area (Å²) in [6.07, 6.45) is -0.107. The Labute approximate surface area is 106 Å². The van der Waals surface area contributed by atoms with Gasteiger partial charge in [-0.05, 0) is 30.7 Å². The van der Waals surface area contributed by atoms with E-state index in [2.05, 4.69) is 0 Å². The fourth-order valence-electron chi connectivity index (χ4n) is 2.01. The number of hydrogen-bond donors (Lipinski definition) is 1. The molecule has 1 amide bonds. The van der Waals surface area contributed by atoms with Gasteiger partial charge >= 0.3 is 0 Å². The van der Waals surface area contributed by atoms with Gasteiger partial charge in [-0.2, -0.15) is 0 Å². The highest BCUT2D eigenvalue weighted by Crippen LogP contribution is 2.14. The van der Waals surface area contributed by atoms with Gasteiger partial charge in [-0.15, -0.1) is 0 Å². The molecular formula is C13H17FN2O2. The van der Waals surface area contributed by atoms with Crippen LogP contribution in [0.2, 0.25) is 0 Å². The van der Waals surface area contributed by atoms with Crippen LogP contribution in [0, 0.1) is 12.7 Å². The van der Waals surface area contributed by atoms with Crippen molar-refractivity contribution in [1.82, 2.24) is 4.90 Å². The first kappa shape index (κ1) is 13.0. The molecule has 1 heterocycles. The van der Waals surface area contributed by atoms with E-state index < -0.39 is 0 Å². The molecule has 4 nitrogen and oxygen atoms in total. The molecule has 0 radical (unpaired) electrons. The molecule has 1 aliphatic rings. The SMILES string of the molecule is Cc1cc(C(=O)N2CCOC(CN)C2)ccc1F. The summed E-state index contributed by atoms with van der Waals surface area (Å²) in [4.78, 5) is 13.9. The molecule has 0 bridgehead atoms. The number of ether oxygens (including phenoxy) is 1. The number of nitrogens with two attached hydrogens (primary N) is 1. The molecule has 1 fully saturated rings. The van der Waals surface area contributed by atoms with E-state index in [1.165, 1.54) is 12.1 Å². The van der Waals surface area contributed by atoms with Gasteiger partial charge in [-0.25, -0.2) is 4.39 Å². The quantitative estimate of drug-likeness (QED) is 0.852. The molecule has 0 aliphatic carbocycles. The number of aryl methyl sites for hydroxylation is 1. The molecule has 18 heavy (non-hydrogen) atoms. The minimum absolute atomic E-state index is 0.0974. The van der Waals surface area contributed by atoms with Gasteiger partial charge < -0.3 is 15.4 Å². The Balaban J connectivity index is 2.12. The molecule has 0 saturated carbocycles. The van der Waals surface area contributed by atoms with Gasteiger partial charge in [0.25, 0.3) is 5.91 Å². The number of benzene rings is 1. The van der Waals surface area contributed by atoms with E-state index >= 15 is 0 Å². The summed E-state index contributed by atoms with van der Waals surface area (Å²) < 4.78 is 18.6. The van der Waals surface area contributed by atoms with E-state index in [0.717, 1.165) is 0 Å². The fraction of sp³-hybridized carbons (Fsp3) is 0.462. The third-order valence-electron chi connectivity index (χ3n) is 3.09. The van der Waals surface area contributed by atoms with Crippen molar-refractivity contribution < 1.29 is 13.9 Å². The first-order valence-corrected chi connectivity index (χ1v) is 5.99. The van der Waals surface area contributed by atoms with Gasteiger partial charge in [0.2, 0.25) is 0 Å². The lowest BCUT2D eigenvalue weighted by Crippen LogP contribution is -2.48. The zero-order valence-corrected chi connectivity index (χ0v) is 10.4. The zero-order valence-electron chi connectivity index (χ0n) is 10.4. The lowest BCUT2D eigenvalue weighted by atomic mass is 10.1. The average molecular weight is 252 g/mol. The maximum Gasteiger partial charge on any atom is 0.254 e. The highest BCUT2D eigenvalue weighted by Gasteiger charge is 2.24. The zero-order chi connectivity index (χ0) is 13.1. The largest absolute Gasteiger partial charge is 0.373 e. The van der Waals surface area contributed by atoms with Gasteiger partial charge in [0, 0.05) is 25.2 Å². The Hall–Kier alpha value is -1.46. The summed E-state index contributed by atoms with van der Waals surface area (Å²) in [6, 6.07) is 4.41. The summed E-state index contributed by atoms with van der Waals surface area (Å²) in [5, 5.41) is 0. The summed E-state index contributed by atoms with van der Waals surface area (Å²) in [5.41, 5.74) is 6.52. The van der Waals surface area contributed by atoms with Crippen LogP contribution in [-0.2, 0) is 4.74 Å². The van der Waals surface area contributed by atoms with E-state index in [9.17, 15) is 9.18 Å². The lowest BCUT2D eigenvalue weighted by Gasteiger charge is -2.32. The number of rotatable bonds is 2. The van der Waals surface area contributed by atoms with Crippen LogP contribution in [0.25, 0.3) is 0 Å². The monoisotopic (exact) mass is 252 g/mol. The number of carbonyl (C=O) groups excluding carboxylic acids is 1. The number of halogens is 1. The van der Waals surface area contributed by atoms with Crippen molar-refractivity contribution in [2.75, 3.05) is 26.2 Å². The summed E-state index contributed by atoms with van der Waals surface area (Å²) in [5.74, 6) is -0.395. The van der Waals surface area contributed by atoms with Gasteiger partial charge in [0.1, 0.15) is 5.82 Å². The van der Waals surface area contributed by atoms with Crippen molar-refractivity contribution in [3.05, 3.63) is 35.1 Å². The third-order valence-corrected chi connectivity index (χ3v) is 3.09. The first-order chi connectivity index (χ1) is 8.61. The molecular weight excluding hydrogens is 235 g/mol. The molecule has 1 aliphatic heterocycles. The molecule has 2 N–H and O–H groups in total. The lowest BCUT2D eigenvalue weighted by molar-refractivity contribution is -0.0167. The van der Waals surface area contributed by atoms with E-state index in [1.807, 2.05) is 0 Å². The second-order valence-electron chi connectivity index (χ2n) is 4.44. The molecule has 5 heteroatoms. The van der Waals surface area contributed by atoms with Crippen molar-refractivity contribution in [2.24, 2.45) is 5.73 Å². The van der Waals surface area contributed by atoms with E-state index in [-0.39, 0.29) is 17.8 Å². The molecule has 0 spiro atoms. The van der Waals surface area contributed by atoms with Gasteiger partial charge in [0.15, 0.2) is 0 Å². The molecule has 0 aromatic heterocycles. The summed E-state index contributed by atoms with van der Waals surface area (Å²) in [6.45, 7) is 3.58. The fourth-order valence-corrected chi connectivity index (χ4v) is 2.01. The van der Waals surface area contributed by atoms with E-state index in [4.69, 9.17) is 10.5 Å². The highest BCUT2D eigenvalue weighted by molar-refractivity contribution is 5.94. The van der Waals surface area contributed by atoms with Crippen LogP contribution in [-0.4, -0.2) is 43.2 Å². The topological polar surface area (TPSA) is 55.6 Å². The first-order valence-electron chi connectivity index (χ1n) is 5.99. The number of nitrogens with zero attached hydrogens (tertiary/aromatic N) is 1. The predicted molar refractivity (Wildman–Crippen MR) is 65.8 cm³/mol. The number of hydrogen-bond acceptors (Lipinski definition) is 3. The van der Waals surface area contributed by atoms with Crippen LogP contribution < -0.4 is 5.73 Å². The molecule has 1 saturated heterocycles. The van der Waals surface area contributed by atoms with Gasteiger partial charge in [-0.1, -0.05) is 0 Å². The van der Waals surface area contributed by atoms with E-state index in [1.54, 1.807) is 17.9 Å². The molecule has 1 unspecified atom stereocenters. The minimum atomic E-state index is -0.298. The van der Waals surface area contributed by atoms with E-state index in [0.29, 0.717) is 37.4 Å². The smallest absolute Gasteiger partial charge is 0.254 e. The van der Waals surface area contributed by atoms with Gasteiger partial charge in [-0.3, -0.25) is 4.79 Å². The molecule has 98 valence electrons. The van der Waals surface area contributed by atoms with Crippen LogP contribution >= 0.6 is 0 Å². The summed E-state index contributed by atoms with van der Waals surface area (Å²) in [7, 11) is 0. The average Bonchev–Trinajstić information content (AvgIpc) is 2.41. The maximum atomic E-state index is 13.2. The standard InChI is InChI=1S/C13H17FN2O2/c1-9-6-10(2-3-12(9)14)13(17)16-4-5-18-11(7-15)8-16/h2-3,6,11H,4-5,7-8,15H2,1H3. The van der Waals surface area contributed by atoms with Crippen LogP contribution in [0.15, 0.2) is 18.2 Å². The normalized spacial score (nSPS) is 19.9. The Morgan fingerprint density at radius 3 is 3.06 bits per heavy atom. The highest BCUT2D eigenvalue weighted by atomic mass is 19.1. The summed E-state index contributed by atoms with van der Waals surface area (Å²) >= 11 is 0. The van der Waals surface area contributed by atoms with Crippen molar-refractivity contribution in [3.63, 3.8) is 0 Å². The second kappa shape index (κ2) is 5.46. The Bertz CT molecular complexity index is 451. The van der Waals surface area contributed by atoms with Crippen molar-refractivity contribution >= 4 is 5.91 Å². The number of amides is 1. The predicted octanol–water partition coefficient (Wildman–Crippen LogP) is 0.934. The van der Waals surface area contributed by atoms with Gasteiger partial charge in [0.05, 0.1) is 12.7 Å². The minimum Gasteiger partial charge on any atom is -0.373 e. The number of carbonyl (C=O) groups is 1. The van der Waals surface area contributed by atoms with Crippen LogP contribution in [0.4, 0.5) is 4.39 Å². The third kappa shape index (κ3) is 2.68. The van der Waals surface area contributed by atoms with Crippen LogP contribution in [0.5, 0.6) is 0 Å². The Morgan fingerprint density at radius 2 is 2.39 bits per heavy atom. The Kier molecular flexibility index (Phi) is 3.93. The number of morpholine rings is 1. The molecule has 1 atom stereocenters. The van der Waals surface area contributed by atoms with Crippen LogP contribution in [0.1, 0.15) is 15.9 Å². The van der Waals surface area contributed by atoms with Crippen molar-refractivity contribution in [3.8, 4) is 0 Å². The second-order valence-corrected chi connectivity index (χ2v) is 4.44. The maximum absolute atomic E-state index is 13.2. The van der Waals surface area contributed by atoms with Crippen molar-refractivity contribution in [2.45, 2.75) is 13.0 Å². The molecule has 2 rings (SSSR count). The van der Waals surface area contributed by atoms with Crippen LogP contribution in [0.3, 0.4) is 0 Å². The van der Waals surface area contributed by atoms with Crippen molar-refractivity contribution in [1.29, 1.82) is 0 Å². The molecule has 1 aromatic rings.